The molecule has 5 heteroatoms. The van der Waals surface area contributed by atoms with E-state index < -0.39 is 0 Å². The second-order valence-corrected chi connectivity index (χ2v) is 8.41. The number of morpholine rings is 1. The van der Waals surface area contributed by atoms with Gasteiger partial charge in [0.1, 0.15) is 5.76 Å². The molecule has 2 heterocycles. The van der Waals surface area contributed by atoms with Gasteiger partial charge >= 0.3 is 0 Å². The third-order valence-electron chi connectivity index (χ3n) is 5.23. The van der Waals surface area contributed by atoms with Crippen LogP contribution in [0.3, 0.4) is 0 Å². The Morgan fingerprint density at radius 1 is 1.30 bits per heavy atom. The van der Waals surface area contributed by atoms with Gasteiger partial charge in [0.05, 0.1) is 30.4 Å². The van der Waals surface area contributed by atoms with Crippen LogP contribution in [0.2, 0.25) is 0 Å². The van der Waals surface area contributed by atoms with E-state index in [9.17, 15) is 4.79 Å². The Morgan fingerprint density at radius 3 is 2.59 bits per heavy atom. The van der Waals surface area contributed by atoms with Crippen LogP contribution < -0.4 is 0 Å². The van der Waals surface area contributed by atoms with E-state index in [1.165, 1.54) is 5.56 Å². The summed E-state index contributed by atoms with van der Waals surface area (Å²) in [6.07, 6.45) is 0.297. The molecule has 0 N–H and O–H groups in total. The highest BCUT2D eigenvalue weighted by atomic mass is 16.5. The molecule has 1 atom stereocenters. The molecule has 1 aromatic heterocycles. The van der Waals surface area contributed by atoms with E-state index in [2.05, 4.69) is 31.0 Å². The van der Waals surface area contributed by atoms with Crippen molar-refractivity contribution in [3.05, 3.63) is 41.3 Å². The van der Waals surface area contributed by atoms with Gasteiger partial charge in [0.15, 0.2) is 0 Å². The summed E-state index contributed by atoms with van der Waals surface area (Å²) < 4.78 is 11.6. The second kappa shape index (κ2) is 7.47. The summed E-state index contributed by atoms with van der Waals surface area (Å²) >= 11 is 0. The fourth-order valence-electron chi connectivity index (χ4n) is 3.39. The number of aromatic nitrogens is 1. The average Bonchev–Trinajstić information content (AvgIpc) is 2.97. The fraction of sp³-hybridized carbons (Fsp3) is 0.545. The van der Waals surface area contributed by atoms with Crippen molar-refractivity contribution in [1.29, 1.82) is 0 Å². The zero-order valence-electron chi connectivity index (χ0n) is 17.2. The smallest absolute Gasteiger partial charge is 0.229 e. The molecule has 0 spiro atoms. The maximum absolute atomic E-state index is 12.9. The van der Waals surface area contributed by atoms with Crippen LogP contribution in [0.4, 0.5) is 0 Å². The Hall–Kier alpha value is -2.14. The van der Waals surface area contributed by atoms with Crippen LogP contribution in [0, 0.1) is 6.92 Å². The first-order valence-electron chi connectivity index (χ1n) is 9.66. The number of hydrogen-bond donors (Lipinski definition) is 0. The van der Waals surface area contributed by atoms with E-state index in [1.807, 2.05) is 44.7 Å². The summed E-state index contributed by atoms with van der Waals surface area (Å²) in [5.41, 5.74) is 2.61. The highest BCUT2D eigenvalue weighted by molar-refractivity contribution is 5.79. The van der Waals surface area contributed by atoms with E-state index in [1.54, 1.807) is 0 Å². The third-order valence-corrected chi connectivity index (χ3v) is 5.23. The van der Waals surface area contributed by atoms with Crippen LogP contribution in [-0.4, -0.2) is 40.6 Å². The molecule has 1 saturated heterocycles. The quantitative estimate of drug-likeness (QED) is 0.803. The predicted octanol–water partition coefficient (Wildman–Crippen LogP) is 4.34. The number of aryl methyl sites for hydroxylation is 1. The lowest BCUT2D eigenvalue weighted by atomic mass is 10.00. The van der Waals surface area contributed by atoms with Gasteiger partial charge in [-0.1, -0.05) is 26.0 Å². The topological polar surface area (TPSA) is 55.6 Å². The van der Waals surface area contributed by atoms with Gasteiger partial charge in [-0.2, -0.15) is 0 Å². The maximum atomic E-state index is 12.9. The first kappa shape index (κ1) is 19.6. The molecule has 0 bridgehead atoms. The third kappa shape index (κ3) is 4.24. The Balaban J connectivity index is 1.77. The number of benzene rings is 1. The van der Waals surface area contributed by atoms with E-state index >= 15 is 0 Å². The van der Waals surface area contributed by atoms with Crippen LogP contribution in [0.15, 0.2) is 28.7 Å². The largest absolute Gasteiger partial charge is 0.441 e. The minimum Gasteiger partial charge on any atom is -0.441 e. The lowest BCUT2D eigenvalue weighted by molar-refractivity contribution is -0.152. The molecule has 27 heavy (non-hydrogen) atoms. The fourth-order valence-corrected chi connectivity index (χ4v) is 3.39. The minimum absolute atomic E-state index is 0.0513. The standard InChI is InChI=1S/C22H30N2O3/c1-14(2)17-7-9-18(10-8-17)21-23-19(16(4)27-21)11-20(25)24-12-15(3)26-13-22(24,5)6/h7-10,14-15H,11-13H2,1-6H3. The first-order chi connectivity index (χ1) is 12.7. The Bertz CT molecular complexity index is 805. The Morgan fingerprint density at radius 2 is 1.96 bits per heavy atom. The van der Waals surface area contributed by atoms with Crippen molar-refractivity contribution in [2.75, 3.05) is 13.2 Å². The number of ether oxygens (including phenoxy) is 1. The normalized spacial score (nSPS) is 19.5. The molecule has 1 unspecified atom stereocenters. The van der Waals surface area contributed by atoms with Crippen molar-refractivity contribution >= 4 is 5.91 Å². The Labute approximate surface area is 161 Å². The molecular formula is C22H30N2O3. The molecule has 0 saturated carbocycles. The number of nitrogens with zero attached hydrogens (tertiary/aromatic N) is 2. The van der Waals surface area contributed by atoms with Gasteiger partial charge in [-0.05, 0) is 51.3 Å². The van der Waals surface area contributed by atoms with Crippen molar-refractivity contribution in [2.45, 2.75) is 65.5 Å². The van der Waals surface area contributed by atoms with Crippen molar-refractivity contribution in [3.8, 4) is 11.5 Å². The molecule has 1 aliphatic heterocycles. The lowest BCUT2D eigenvalue weighted by Crippen LogP contribution is -2.58. The number of amides is 1. The molecule has 1 fully saturated rings. The summed E-state index contributed by atoms with van der Waals surface area (Å²) in [5, 5.41) is 0. The van der Waals surface area contributed by atoms with Crippen molar-refractivity contribution < 1.29 is 13.9 Å². The summed E-state index contributed by atoms with van der Waals surface area (Å²) in [6.45, 7) is 13.4. The minimum atomic E-state index is -0.309. The molecule has 2 aromatic rings. The van der Waals surface area contributed by atoms with Crippen molar-refractivity contribution in [3.63, 3.8) is 0 Å². The van der Waals surface area contributed by atoms with Gasteiger partial charge in [-0.15, -0.1) is 0 Å². The van der Waals surface area contributed by atoms with Crippen LogP contribution in [-0.2, 0) is 16.0 Å². The van der Waals surface area contributed by atoms with Crippen LogP contribution in [0.1, 0.15) is 57.6 Å². The second-order valence-electron chi connectivity index (χ2n) is 8.41. The van der Waals surface area contributed by atoms with Gasteiger partial charge in [0, 0.05) is 12.1 Å². The van der Waals surface area contributed by atoms with Gasteiger partial charge < -0.3 is 14.1 Å². The predicted molar refractivity (Wildman–Crippen MR) is 106 cm³/mol. The summed E-state index contributed by atoms with van der Waals surface area (Å²) in [6, 6.07) is 8.25. The molecule has 1 aromatic carbocycles. The molecular weight excluding hydrogens is 340 g/mol. The van der Waals surface area contributed by atoms with E-state index in [0.717, 1.165) is 5.56 Å². The zero-order chi connectivity index (χ0) is 19.8. The number of carbonyl (C=O) groups excluding carboxylic acids is 1. The van der Waals surface area contributed by atoms with Gasteiger partial charge in [0.2, 0.25) is 11.8 Å². The molecule has 0 aliphatic carbocycles. The number of hydrogen-bond acceptors (Lipinski definition) is 4. The molecule has 5 nitrogen and oxygen atoms in total. The highest BCUT2D eigenvalue weighted by Gasteiger charge is 2.37. The lowest BCUT2D eigenvalue weighted by Gasteiger charge is -2.44. The molecule has 1 amide bonds. The van der Waals surface area contributed by atoms with Gasteiger partial charge in [0.25, 0.3) is 0 Å². The van der Waals surface area contributed by atoms with Crippen LogP contribution in [0.5, 0.6) is 0 Å². The first-order valence-corrected chi connectivity index (χ1v) is 9.66. The Kier molecular flexibility index (Phi) is 5.43. The van der Waals surface area contributed by atoms with E-state index in [4.69, 9.17) is 9.15 Å². The number of rotatable bonds is 4. The monoisotopic (exact) mass is 370 g/mol. The van der Waals surface area contributed by atoms with Gasteiger partial charge in [-0.25, -0.2) is 4.98 Å². The summed E-state index contributed by atoms with van der Waals surface area (Å²) in [4.78, 5) is 19.5. The number of oxazole rings is 1. The highest BCUT2D eigenvalue weighted by Crippen LogP contribution is 2.26. The SMILES string of the molecule is Cc1oc(-c2ccc(C(C)C)cc2)nc1CC(=O)N1CC(C)OCC1(C)C. The summed E-state index contributed by atoms with van der Waals surface area (Å²) in [7, 11) is 0. The molecule has 1 aliphatic rings. The van der Waals surface area contributed by atoms with E-state index in [-0.39, 0.29) is 24.0 Å². The molecule has 146 valence electrons. The van der Waals surface area contributed by atoms with Crippen LogP contribution in [0.25, 0.3) is 11.5 Å². The van der Waals surface area contributed by atoms with Gasteiger partial charge in [-0.3, -0.25) is 4.79 Å². The van der Waals surface area contributed by atoms with Crippen molar-refractivity contribution in [1.82, 2.24) is 9.88 Å². The number of carbonyl (C=O) groups is 1. The average molecular weight is 370 g/mol. The molecule has 0 radical (unpaired) electrons. The summed E-state index contributed by atoms with van der Waals surface area (Å²) in [5.74, 6) is 1.82. The molecule has 3 rings (SSSR count). The maximum Gasteiger partial charge on any atom is 0.229 e. The van der Waals surface area contributed by atoms with Crippen molar-refractivity contribution in [2.24, 2.45) is 0 Å². The van der Waals surface area contributed by atoms with Crippen LogP contribution >= 0.6 is 0 Å². The zero-order valence-corrected chi connectivity index (χ0v) is 17.2. The van der Waals surface area contributed by atoms with E-state index in [0.29, 0.717) is 36.4 Å².